The second kappa shape index (κ2) is 8.28. The molecule has 5 heteroatoms. The van der Waals surface area contributed by atoms with Crippen LogP contribution < -0.4 is 10.6 Å². The zero-order valence-corrected chi connectivity index (χ0v) is 14.3. The van der Waals surface area contributed by atoms with E-state index in [0.717, 1.165) is 36.3 Å². The Morgan fingerprint density at radius 3 is 2.90 bits per heavy atom. The van der Waals surface area contributed by atoms with Crippen molar-refractivity contribution in [3.63, 3.8) is 0 Å². The Morgan fingerprint density at radius 1 is 1.38 bits per heavy atom. The van der Waals surface area contributed by atoms with E-state index in [0.29, 0.717) is 12.6 Å². The zero-order valence-electron chi connectivity index (χ0n) is 13.5. The van der Waals surface area contributed by atoms with Crippen molar-refractivity contribution in [2.75, 3.05) is 24.6 Å². The van der Waals surface area contributed by atoms with Crippen LogP contribution in [0.3, 0.4) is 0 Å². The first kappa shape index (κ1) is 16.9. The Hall–Kier alpha value is -0.420. The number of thioether (sulfide) groups is 1. The Bertz CT molecular complexity index is 342. The molecule has 1 saturated heterocycles. The highest BCUT2D eigenvalue weighted by atomic mass is 32.2. The van der Waals surface area contributed by atoms with Crippen molar-refractivity contribution in [3.8, 4) is 0 Å². The van der Waals surface area contributed by atoms with Gasteiger partial charge in [0.2, 0.25) is 0 Å². The van der Waals surface area contributed by atoms with E-state index in [1.165, 1.54) is 32.1 Å². The van der Waals surface area contributed by atoms with Crippen LogP contribution in [-0.2, 0) is 0 Å². The van der Waals surface area contributed by atoms with Gasteiger partial charge in [0.15, 0.2) is 5.96 Å². The second-order valence-corrected chi connectivity index (χ2v) is 7.61. The van der Waals surface area contributed by atoms with Gasteiger partial charge in [-0.2, -0.15) is 11.8 Å². The third-order valence-electron chi connectivity index (χ3n) is 4.66. The summed E-state index contributed by atoms with van der Waals surface area (Å²) in [4.78, 5) is 4.64. The van der Waals surface area contributed by atoms with Crippen molar-refractivity contribution in [1.29, 1.82) is 0 Å². The van der Waals surface area contributed by atoms with Gasteiger partial charge in [0, 0.05) is 18.3 Å². The van der Waals surface area contributed by atoms with Crippen molar-refractivity contribution in [3.05, 3.63) is 0 Å². The van der Waals surface area contributed by atoms with Crippen LogP contribution in [0, 0.1) is 5.92 Å². The van der Waals surface area contributed by atoms with E-state index in [4.69, 9.17) is 0 Å². The van der Waals surface area contributed by atoms with E-state index < -0.39 is 5.60 Å². The molecule has 0 spiro atoms. The van der Waals surface area contributed by atoms with Gasteiger partial charge in [0.05, 0.1) is 12.1 Å². The molecule has 1 aliphatic carbocycles. The molecule has 122 valence electrons. The monoisotopic (exact) mass is 313 g/mol. The quantitative estimate of drug-likeness (QED) is 0.539. The van der Waals surface area contributed by atoms with E-state index in [1.54, 1.807) is 0 Å². The number of hydrogen-bond donors (Lipinski definition) is 3. The van der Waals surface area contributed by atoms with Crippen LogP contribution in [0.1, 0.15) is 52.4 Å². The van der Waals surface area contributed by atoms with Crippen LogP contribution >= 0.6 is 11.8 Å². The van der Waals surface area contributed by atoms with Crippen molar-refractivity contribution < 1.29 is 5.11 Å². The molecule has 3 N–H and O–H groups in total. The third kappa shape index (κ3) is 5.37. The summed E-state index contributed by atoms with van der Waals surface area (Å²) >= 11 is 1.82. The molecular weight excluding hydrogens is 282 g/mol. The van der Waals surface area contributed by atoms with E-state index in [2.05, 4.69) is 29.5 Å². The van der Waals surface area contributed by atoms with Gasteiger partial charge in [-0.3, -0.25) is 4.99 Å². The number of nitrogens with zero attached hydrogens (tertiary/aromatic N) is 1. The first-order chi connectivity index (χ1) is 10.1. The molecule has 1 heterocycles. The zero-order chi connectivity index (χ0) is 15.1. The van der Waals surface area contributed by atoms with Gasteiger partial charge >= 0.3 is 0 Å². The van der Waals surface area contributed by atoms with E-state index in [-0.39, 0.29) is 0 Å². The van der Waals surface area contributed by atoms with Gasteiger partial charge in [-0.25, -0.2) is 0 Å². The van der Waals surface area contributed by atoms with Gasteiger partial charge in [-0.1, -0.05) is 26.2 Å². The molecule has 1 aliphatic heterocycles. The summed E-state index contributed by atoms with van der Waals surface area (Å²) in [5.41, 5.74) is -0.592. The Morgan fingerprint density at radius 2 is 2.24 bits per heavy atom. The van der Waals surface area contributed by atoms with Crippen LogP contribution in [0.15, 0.2) is 4.99 Å². The SMILES string of the molecule is CCNC(=NCC1(O)CCSC1)NC1CCCC(CC)C1. The van der Waals surface area contributed by atoms with Crippen molar-refractivity contribution in [2.45, 2.75) is 64.0 Å². The Kier molecular flexibility index (Phi) is 6.68. The summed E-state index contributed by atoms with van der Waals surface area (Å²) < 4.78 is 0. The van der Waals surface area contributed by atoms with E-state index in [1.807, 2.05) is 11.8 Å². The van der Waals surface area contributed by atoms with Gasteiger partial charge in [-0.15, -0.1) is 0 Å². The summed E-state index contributed by atoms with van der Waals surface area (Å²) in [5.74, 6) is 3.60. The smallest absolute Gasteiger partial charge is 0.191 e. The summed E-state index contributed by atoms with van der Waals surface area (Å²) in [6.07, 6.45) is 7.32. The standard InChI is InChI=1S/C16H31N3OS/c1-3-13-6-5-7-14(10-13)19-15(17-4-2)18-11-16(20)8-9-21-12-16/h13-14,20H,3-12H2,1-2H3,(H2,17,18,19). The number of guanidine groups is 1. The average Bonchev–Trinajstić information content (AvgIpc) is 2.93. The maximum Gasteiger partial charge on any atom is 0.191 e. The molecule has 0 bridgehead atoms. The highest BCUT2D eigenvalue weighted by Crippen LogP contribution is 2.28. The molecule has 2 fully saturated rings. The number of aliphatic imine (C=N–C) groups is 1. The largest absolute Gasteiger partial charge is 0.387 e. The molecular formula is C16H31N3OS. The first-order valence-electron chi connectivity index (χ1n) is 8.50. The van der Waals surface area contributed by atoms with Crippen molar-refractivity contribution in [2.24, 2.45) is 10.9 Å². The molecule has 4 nitrogen and oxygen atoms in total. The van der Waals surface area contributed by atoms with E-state index >= 15 is 0 Å². The second-order valence-electron chi connectivity index (χ2n) is 6.50. The molecule has 0 aromatic carbocycles. The molecule has 0 amide bonds. The highest BCUT2D eigenvalue weighted by molar-refractivity contribution is 7.99. The fraction of sp³-hybridized carbons (Fsp3) is 0.938. The van der Waals surface area contributed by atoms with Gasteiger partial charge in [0.1, 0.15) is 0 Å². The molecule has 1 saturated carbocycles. The summed E-state index contributed by atoms with van der Waals surface area (Å²) in [6, 6.07) is 0.536. The summed E-state index contributed by atoms with van der Waals surface area (Å²) in [7, 11) is 0. The van der Waals surface area contributed by atoms with Gasteiger partial charge in [-0.05, 0) is 37.9 Å². The molecule has 3 unspecified atom stereocenters. The summed E-state index contributed by atoms with van der Waals surface area (Å²) in [6.45, 7) is 5.76. The third-order valence-corrected chi connectivity index (χ3v) is 5.89. The fourth-order valence-corrected chi connectivity index (χ4v) is 4.54. The lowest BCUT2D eigenvalue weighted by atomic mass is 9.84. The van der Waals surface area contributed by atoms with Gasteiger partial charge < -0.3 is 15.7 Å². The lowest BCUT2D eigenvalue weighted by molar-refractivity contribution is 0.0778. The highest BCUT2D eigenvalue weighted by Gasteiger charge is 2.31. The predicted molar refractivity (Wildman–Crippen MR) is 92.0 cm³/mol. The molecule has 0 aromatic rings. The number of aliphatic hydroxyl groups is 1. The van der Waals surface area contributed by atoms with Crippen LogP contribution in [0.5, 0.6) is 0 Å². The molecule has 2 rings (SSSR count). The molecule has 0 radical (unpaired) electrons. The van der Waals surface area contributed by atoms with Crippen LogP contribution in [0.4, 0.5) is 0 Å². The van der Waals surface area contributed by atoms with Crippen LogP contribution in [0.25, 0.3) is 0 Å². The van der Waals surface area contributed by atoms with Crippen LogP contribution in [0.2, 0.25) is 0 Å². The Balaban J connectivity index is 1.88. The molecule has 21 heavy (non-hydrogen) atoms. The normalized spacial score (nSPS) is 34.0. The minimum absolute atomic E-state index is 0.513. The predicted octanol–water partition coefficient (Wildman–Crippen LogP) is 2.38. The first-order valence-corrected chi connectivity index (χ1v) is 9.65. The summed E-state index contributed by atoms with van der Waals surface area (Å²) in [5, 5.41) is 17.3. The number of nitrogens with one attached hydrogen (secondary N) is 2. The maximum atomic E-state index is 10.4. The van der Waals surface area contributed by atoms with Crippen molar-refractivity contribution >= 4 is 17.7 Å². The maximum absolute atomic E-state index is 10.4. The topological polar surface area (TPSA) is 56.7 Å². The minimum atomic E-state index is -0.592. The fourth-order valence-electron chi connectivity index (χ4n) is 3.25. The lowest BCUT2D eigenvalue weighted by Crippen LogP contribution is -2.46. The number of rotatable bonds is 5. The minimum Gasteiger partial charge on any atom is -0.387 e. The van der Waals surface area contributed by atoms with Gasteiger partial charge in [0.25, 0.3) is 0 Å². The Labute approximate surface area is 133 Å². The van der Waals surface area contributed by atoms with Crippen LogP contribution in [-0.4, -0.2) is 47.3 Å². The van der Waals surface area contributed by atoms with E-state index in [9.17, 15) is 5.11 Å². The molecule has 2 aliphatic rings. The number of hydrogen-bond acceptors (Lipinski definition) is 3. The lowest BCUT2D eigenvalue weighted by Gasteiger charge is -2.30. The molecule has 0 aromatic heterocycles. The average molecular weight is 314 g/mol. The molecule has 3 atom stereocenters. The van der Waals surface area contributed by atoms with Crippen molar-refractivity contribution in [1.82, 2.24) is 10.6 Å².